The number of carbonyl (C=O) groups excluding carboxylic acids is 1. The fourth-order valence-corrected chi connectivity index (χ4v) is 4.55. The molecule has 5 rings (SSSR count). The SMILES string of the molecule is COC1(C(=O)N[C@@H](C)c2ccc(-n3cc(C)cn3)nc2)CC(c2nc(C)cc(Nc3cc(C)[nH]n3)n2)C1. The van der Waals surface area contributed by atoms with E-state index in [9.17, 15) is 4.79 Å². The smallest absolute Gasteiger partial charge is 0.252 e. The maximum atomic E-state index is 13.3. The van der Waals surface area contributed by atoms with Crippen molar-refractivity contribution in [1.29, 1.82) is 0 Å². The molecule has 1 atom stereocenters. The third-order valence-electron chi connectivity index (χ3n) is 6.72. The molecule has 1 fully saturated rings. The van der Waals surface area contributed by atoms with Gasteiger partial charge in [-0.1, -0.05) is 6.07 Å². The van der Waals surface area contributed by atoms with E-state index in [4.69, 9.17) is 4.74 Å². The first kappa shape index (κ1) is 24.6. The third kappa shape index (κ3) is 5.08. The van der Waals surface area contributed by atoms with Gasteiger partial charge in [0.2, 0.25) is 0 Å². The summed E-state index contributed by atoms with van der Waals surface area (Å²) in [5.74, 6) is 2.64. The molecule has 37 heavy (non-hydrogen) atoms. The van der Waals surface area contributed by atoms with Crippen LogP contribution in [-0.2, 0) is 9.53 Å². The lowest BCUT2D eigenvalue weighted by Crippen LogP contribution is -2.56. The molecule has 0 saturated heterocycles. The van der Waals surface area contributed by atoms with E-state index in [0.29, 0.717) is 30.3 Å². The van der Waals surface area contributed by atoms with Crippen LogP contribution in [0.1, 0.15) is 60.1 Å². The lowest BCUT2D eigenvalue weighted by atomic mass is 9.69. The van der Waals surface area contributed by atoms with Crippen LogP contribution in [0.15, 0.2) is 42.9 Å². The predicted octanol–water partition coefficient (Wildman–Crippen LogP) is 3.59. The fourth-order valence-electron chi connectivity index (χ4n) is 4.55. The van der Waals surface area contributed by atoms with Crippen molar-refractivity contribution in [3.63, 3.8) is 0 Å². The van der Waals surface area contributed by atoms with Gasteiger partial charge in [0.05, 0.1) is 12.2 Å². The highest BCUT2D eigenvalue weighted by molar-refractivity contribution is 5.87. The minimum absolute atomic E-state index is 0.0147. The fraction of sp³-hybridized carbons (Fsp3) is 0.385. The lowest BCUT2D eigenvalue weighted by Gasteiger charge is -2.44. The van der Waals surface area contributed by atoms with E-state index in [1.807, 2.05) is 58.2 Å². The standard InChI is InChI=1S/C26H31N9O2/c1-15-12-28-35(14-15)23-7-6-19(13-27-23)18(4)30-25(36)26(37-5)10-20(11-26)24-29-16(2)8-21(32-24)31-22-9-17(3)33-34-22/h6-9,12-14,18,20H,10-11H2,1-5H3,(H,30,36)(H2,29,31,32,33,34)/t18-,20?,26?/m0/s1. The van der Waals surface area contributed by atoms with Crippen molar-refractivity contribution < 1.29 is 9.53 Å². The molecule has 11 heteroatoms. The lowest BCUT2D eigenvalue weighted by molar-refractivity contribution is -0.158. The van der Waals surface area contributed by atoms with Gasteiger partial charge < -0.3 is 15.4 Å². The average Bonchev–Trinajstić information content (AvgIpc) is 3.46. The Morgan fingerprint density at radius 2 is 1.97 bits per heavy atom. The largest absolute Gasteiger partial charge is 0.368 e. The van der Waals surface area contributed by atoms with Gasteiger partial charge in [0, 0.05) is 48.9 Å². The molecule has 0 aliphatic heterocycles. The number of pyridine rings is 1. The topological polar surface area (TPSA) is 136 Å². The van der Waals surface area contributed by atoms with Crippen LogP contribution in [0, 0.1) is 20.8 Å². The van der Waals surface area contributed by atoms with E-state index in [2.05, 4.69) is 40.9 Å². The number of rotatable bonds is 8. The van der Waals surface area contributed by atoms with Crippen LogP contribution in [0.25, 0.3) is 5.82 Å². The summed E-state index contributed by atoms with van der Waals surface area (Å²) in [6.07, 6.45) is 6.46. The highest BCUT2D eigenvalue weighted by Crippen LogP contribution is 2.46. The Bertz CT molecular complexity index is 1400. The maximum Gasteiger partial charge on any atom is 0.252 e. The molecule has 3 N–H and O–H groups in total. The van der Waals surface area contributed by atoms with Gasteiger partial charge in [-0.25, -0.2) is 19.6 Å². The summed E-state index contributed by atoms with van der Waals surface area (Å²) in [7, 11) is 1.58. The van der Waals surface area contributed by atoms with E-state index < -0.39 is 5.60 Å². The number of methoxy groups -OCH3 is 1. The molecule has 0 bridgehead atoms. The van der Waals surface area contributed by atoms with Gasteiger partial charge in [-0.05, 0) is 57.7 Å². The average molecular weight is 502 g/mol. The monoisotopic (exact) mass is 501 g/mol. The Labute approximate surface area is 215 Å². The minimum Gasteiger partial charge on any atom is -0.368 e. The minimum atomic E-state index is -0.918. The van der Waals surface area contributed by atoms with E-state index in [1.165, 1.54) is 0 Å². The van der Waals surface area contributed by atoms with Gasteiger partial charge in [0.25, 0.3) is 5.91 Å². The van der Waals surface area contributed by atoms with Gasteiger partial charge in [0.15, 0.2) is 11.6 Å². The van der Waals surface area contributed by atoms with Crippen molar-refractivity contribution in [1.82, 2.24) is 40.2 Å². The number of aromatic nitrogens is 7. The summed E-state index contributed by atoms with van der Waals surface area (Å²) in [5, 5.41) is 17.7. The molecule has 4 aromatic rings. The molecule has 1 aliphatic rings. The van der Waals surface area contributed by atoms with E-state index in [1.54, 1.807) is 24.2 Å². The molecular weight excluding hydrogens is 470 g/mol. The second-order valence-corrected chi connectivity index (χ2v) is 9.72. The van der Waals surface area contributed by atoms with Crippen molar-refractivity contribution in [3.05, 3.63) is 71.2 Å². The third-order valence-corrected chi connectivity index (χ3v) is 6.72. The van der Waals surface area contributed by atoms with E-state index >= 15 is 0 Å². The molecule has 1 saturated carbocycles. The van der Waals surface area contributed by atoms with Gasteiger partial charge in [0.1, 0.15) is 17.2 Å². The molecule has 192 valence electrons. The molecule has 0 aromatic carbocycles. The normalized spacial score (nSPS) is 19.8. The van der Waals surface area contributed by atoms with Crippen LogP contribution >= 0.6 is 0 Å². The molecule has 0 radical (unpaired) electrons. The summed E-state index contributed by atoms with van der Waals surface area (Å²) in [6, 6.07) is 7.38. The van der Waals surface area contributed by atoms with Crippen LogP contribution in [-0.4, -0.2) is 53.5 Å². The van der Waals surface area contributed by atoms with Crippen LogP contribution in [0.4, 0.5) is 11.6 Å². The summed E-state index contributed by atoms with van der Waals surface area (Å²) in [6.45, 7) is 7.78. The highest BCUT2D eigenvalue weighted by atomic mass is 16.5. The zero-order valence-electron chi connectivity index (χ0n) is 21.6. The van der Waals surface area contributed by atoms with Crippen LogP contribution < -0.4 is 10.6 Å². The van der Waals surface area contributed by atoms with Gasteiger partial charge >= 0.3 is 0 Å². The Hall–Kier alpha value is -4.12. The number of H-pyrrole nitrogens is 1. The van der Waals surface area contributed by atoms with Crippen molar-refractivity contribution in [2.45, 2.75) is 58.1 Å². The molecule has 1 amide bonds. The molecule has 1 aliphatic carbocycles. The summed E-state index contributed by atoms with van der Waals surface area (Å²) < 4.78 is 7.46. The number of aryl methyl sites for hydroxylation is 3. The summed E-state index contributed by atoms with van der Waals surface area (Å²) in [4.78, 5) is 27.1. The second-order valence-electron chi connectivity index (χ2n) is 9.72. The number of hydrogen-bond donors (Lipinski definition) is 3. The summed E-state index contributed by atoms with van der Waals surface area (Å²) >= 11 is 0. The molecule has 0 unspecified atom stereocenters. The maximum absolute atomic E-state index is 13.3. The molecule has 4 heterocycles. The number of nitrogens with one attached hydrogen (secondary N) is 3. The van der Waals surface area contributed by atoms with Crippen LogP contribution in [0.5, 0.6) is 0 Å². The van der Waals surface area contributed by atoms with Crippen molar-refractivity contribution in [2.75, 3.05) is 12.4 Å². The Balaban J connectivity index is 1.23. The quantitative estimate of drug-likeness (QED) is 0.333. The molecule has 11 nitrogen and oxygen atoms in total. The first-order valence-corrected chi connectivity index (χ1v) is 12.2. The number of aromatic amines is 1. The number of hydrogen-bond acceptors (Lipinski definition) is 8. The predicted molar refractivity (Wildman–Crippen MR) is 138 cm³/mol. The number of amides is 1. The first-order valence-electron chi connectivity index (χ1n) is 12.2. The van der Waals surface area contributed by atoms with Gasteiger partial charge in [-0.3, -0.25) is 9.89 Å². The Morgan fingerprint density at radius 1 is 1.16 bits per heavy atom. The Kier molecular flexibility index (Phi) is 6.46. The zero-order valence-corrected chi connectivity index (χ0v) is 21.6. The van der Waals surface area contributed by atoms with Crippen molar-refractivity contribution >= 4 is 17.5 Å². The number of ether oxygens (including phenoxy) is 1. The van der Waals surface area contributed by atoms with Crippen LogP contribution in [0.2, 0.25) is 0 Å². The van der Waals surface area contributed by atoms with E-state index in [-0.39, 0.29) is 17.9 Å². The molecular formula is C26H31N9O2. The summed E-state index contributed by atoms with van der Waals surface area (Å²) in [5.41, 5.74) is 2.84. The number of carbonyl (C=O) groups is 1. The van der Waals surface area contributed by atoms with E-state index in [0.717, 1.165) is 28.3 Å². The van der Waals surface area contributed by atoms with Crippen molar-refractivity contribution in [3.8, 4) is 5.82 Å². The number of nitrogens with zero attached hydrogens (tertiary/aromatic N) is 6. The Morgan fingerprint density at radius 3 is 2.59 bits per heavy atom. The van der Waals surface area contributed by atoms with Crippen molar-refractivity contribution in [2.24, 2.45) is 0 Å². The highest BCUT2D eigenvalue weighted by Gasteiger charge is 2.52. The molecule has 4 aromatic heterocycles. The zero-order chi connectivity index (χ0) is 26.2. The number of anilines is 2. The van der Waals surface area contributed by atoms with Crippen LogP contribution in [0.3, 0.4) is 0 Å². The molecule has 0 spiro atoms. The second kappa shape index (κ2) is 9.74. The first-order chi connectivity index (χ1) is 17.7. The van der Waals surface area contributed by atoms with Gasteiger partial charge in [-0.15, -0.1) is 0 Å². The van der Waals surface area contributed by atoms with Gasteiger partial charge in [-0.2, -0.15) is 10.2 Å².